The minimum absolute atomic E-state index is 0.252. The van der Waals surface area contributed by atoms with E-state index in [4.69, 9.17) is 4.74 Å². The Morgan fingerprint density at radius 2 is 1.76 bits per heavy atom. The molecule has 1 N–H and O–H groups in total. The Morgan fingerprint density at radius 1 is 1.00 bits per heavy atom. The highest BCUT2D eigenvalue weighted by atomic mass is 32.1. The second kappa shape index (κ2) is 8.24. The van der Waals surface area contributed by atoms with Gasteiger partial charge in [-0.15, -0.1) is 11.3 Å². The van der Waals surface area contributed by atoms with Gasteiger partial charge in [-0.1, -0.05) is 30.3 Å². The summed E-state index contributed by atoms with van der Waals surface area (Å²) in [5.41, 5.74) is 5.30. The molecular formula is C23H17FN2O2S. The van der Waals surface area contributed by atoms with Crippen molar-refractivity contribution in [1.29, 1.82) is 0 Å². The third kappa shape index (κ3) is 4.02. The number of halogens is 1. The van der Waals surface area contributed by atoms with Crippen LogP contribution in [0.4, 0.5) is 9.39 Å². The number of ether oxygens (including phenoxy) is 1. The summed E-state index contributed by atoms with van der Waals surface area (Å²) in [5.74, 6) is 0.122. The van der Waals surface area contributed by atoms with Crippen molar-refractivity contribution >= 4 is 22.2 Å². The molecule has 4 rings (SSSR count). The van der Waals surface area contributed by atoms with E-state index in [9.17, 15) is 9.18 Å². The summed E-state index contributed by atoms with van der Waals surface area (Å²) in [7, 11) is 1.60. The summed E-state index contributed by atoms with van der Waals surface area (Å²) >= 11 is 1.32. The Hall–Kier alpha value is -3.51. The minimum Gasteiger partial charge on any atom is -0.496 e. The fourth-order valence-electron chi connectivity index (χ4n) is 3.02. The lowest BCUT2D eigenvalue weighted by Gasteiger charge is -2.11. The Labute approximate surface area is 171 Å². The first-order chi connectivity index (χ1) is 14.2. The van der Waals surface area contributed by atoms with E-state index in [1.807, 2.05) is 36.4 Å². The molecule has 0 radical (unpaired) electrons. The van der Waals surface area contributed by atoms with Gasteiger partial charge in [0.05, 0.1) is 12.6 Å². The van der Waals surface area contributed by atoms with Crippen molar-refractivity contribution in [3.05, 3.63) is 89.7 Å². The quantitative estimate of drug-likeness (QED) is 0.452. The lowest BCUT2D eigenvalue weighted by molar-refractivity contribution is 0.102. The standard InChI is InChI=1S/C23H17FN2O2S/c1-28-20-12-9-17(13-19(20)15-5-3-2-4-6-15)22(27)26-23-21(25-14-29-23)16-7-10-18(24)11-8-16/h2-14H,1H3,(H,26,27). The van der Waals surface area contributed by atoms with Crippen LogP contribution in [-0.4, -0.2) is 18.0 Å². The maximum Gasteiger partial charge on any atom is 0.256 e. The summed E-state index contributed by atoms with van der Waals surface area (Å²) in [4.78, 5) is 17.2. The number of methoxy groups -OCH3 is 1. The van der Waals surface area contributed by atoms with Crippen molar-refractivity contribution in [3.8, 4) is 28.1 Å². The Kier molecular flexibility index (Phi) is 5.35. The monoisotopic (exact) mass is 404 g/mol. The number of thiazole rings is 1. The molecule has 0 saturated heterocycles. The van der Waals surface area contributed by atoms with Gasteiger partial charge >= 0.3 is 0 Å². The maximum absolute atomic E-state index is 13.2. The zero-order valence-electron chi connectivity index (χ0n) is 15.6. The lowest BCUT2D eigenvalue weighted by Crippen LogP contribution is -2.12. The van der Waals surface area contributed by atoms with E-state index in [0.717, 1.165) is 16.7 Å². The van der Waals surface area contributed by atoms with E-state index in [1.165, 1.54) is 23.5 Å². The van der Waals surface area contributed by atoms with E-state index < -0.39 is 0 Å². The third-order valence-corrected chi connectivity index (χ3v) is 5.20. The molecule has 144 valence electrons. The zero-order chi connectivity index (χ0) is 20.2. The van der Waals surface area contributed by atoms with Gasteiger partial charge in [0, 0.05) is 16.7 Å². The molecular weight excluding hydrogens is 387 g/mol. The molecule has 6 heteroatoms. The molecule has 3 aromatic carbocycles. The van der Waals surface area contributed by atoms with E-state index in [1.54, 1.807) is 36.9 Å². The molecule has 4 nitrogen and oxygen atoms in total. The number of hydrogen-bond acceptors (Lipinski definition) is 4. The van der Waals surface area contributed by atoms with Crippen molar-refractivity contribution in [2.75, 3.05) is 12.4 Å². The van der Waals surface area contributed by atoms with Gasteiger partial charge in [-0.3, -0.25) is 4.79 Å². The maximum atomic E-state index is 13.2. The molecule has 0 aliphatic carbocycles. The van der Waals surface area contributed by atoms with Crippen molar-refractivity contribution < 1.29 is 13.9 Å². The summed E-state index contributed by atoms with van der Waals surface area (Å²) in [6.45, 7) is 0. The summed E-state index contributed by atoms with van der Waals surface area (Å²) in [6.07, 6.45) is 0. The van der Waals surface area contributed by atoms with E-state index in [2.05, 4.69) is 10.3 Å². The fourth-order valence-corrected chi connectivity index (χ4v) is 3.71. The average Bonchev–Trinajstić information content (AvgIpc) is 3.22. The Bertz CT molecular complexity index is 1140. The number of rotatable bonds is 5. The fraction of sp³-hybridized carbons (Fsp3) is 0.0435. The number of aromatic nitrogens is 1. The Morgan fingerprint density at radius 3 is 2.48 bits per heavy atom. The van der Waals surface area contributed by atoms with Gasteiger partial charge in [0.1, 0.15) is 22.3 Å². The molecule has 0 saturated carbocycles. The summed E-state index contributed by atoms with van der Waals surface area (Å²) in [5, 5.41) is 3.53. The first-order valence-corrected chi connectivity index (χ1v) is 9.78. The molecule has 1 amide bonds. The Balaban J connectivity index is 1.63. The molecule has 0 aliphatic rings. The largest absolute Gasteiger partial charge is 0.496 e. The molecule has 1 heterocycles. The van der Waals surface area contributed by atoms with Gasteiger partial charge in [-0.2, -0.15) is 0 Å². The normalized spacial score (nSPS) is 10.6. The van der Waals surface area contributed by atoms with Gasteiger partial charge in [-0.25, -0.2) is 9.37 Å². The van der Waals surface area contributed by atoms with E-state index in [-0.39, 0.29) is 11.7 Å². The molecule has 0 atom stereocenters. The molecule has 0 fully saturated rings. The van der Waals surface area contributed by atoms with Crippen LogP contribution in [0.5, 0.6) is 5.75 Å². The molecule has 0 bridgehead atoms. The number of carbonyl (C=O) groups excluding carboxylic acids is 1. The number of nitrogens with zero attached hydrogens (tertiary/aromatic N) is 1. The molecule has 0 unspecified atom stereocenters. The van der Waals surface area contributed by atoms with Gasteiger partial charge in [0.2, 0.25) is 0 Å². The van der Waals surface area contributed by atoms with Crippen LogP contribution >= 0.6 is 11.3 Å². The zero-order valence-corrected chi connectivity index (χ0v) is 16.4. The van der Waals surface area contributed by atoms with E-state index >= 15 is 0 Å². The molecule has 29 heavy (non-hydrogen) atoms. The number of amides is 1. The highest BCUT2D eigenvalue weighted by Crippen LogP contribution is 2.33. The predicted octanol–water partition coefficient (Wildman–Crippen LogP) is 5.88. The highest BCUT2D eigenvalue weighted by molar-refractivity contribution is 7.14. The van der Waals surface area contributed by atoms with Crippen LogP contribution in [0.25, 0.3) is 22.4 Å². The molecule has 1 aromatic heterocycles. The van der Waals surface area contributed by atoms with Crippen LogP contribution in [0, 0.1) is 5.82 Å². The van der Waals surface area contributed by atoms with Crippen LogP contribution in [0.1, 0.15) is 10.4 Å². The molecule has 0 aliphatic heterocycles. The smallest absolute Gasteiger partial charge is 0.256 e. The van der Waals surface area contributed by atoms with Gasteiger partial charge in [-0.05, 0) is 48.0 Å². The van der Waals surface area contributed by atoms with Crippen molar-refractivity contribution in [1.82, 2.24) is 4.98 Å². The predicted molar refractivity (Wildman–Crippen MR) is 114 cm³/mol. The van der Waals surface area contributed by atoms with Gasteiger partial charge < -0.3 is 10.1 Å². The van der Waals surface area contributed by atoms with Crippen LogP contribution in [0.15, 0.2) is 78.3 Å². The number of hydrogen-bond donors (Lipinski definition) is 1. The second-order valence-corrected chi connectivity index (χ2v) is 7.13. The van der Waals surface area contributed by atoms with Crippen molar-refractivity contribution in [2.45, 2.75) is 0 Å². The van der Waals surface area contributed by atoms with Gasteiger partial charge in [0.15, 0.2) is 0 Å². The third-order valence-electron chi connectivity index (χ3n) is 4.46. The molecule has 4 aromatic rings. The van der Waals surface area contributed by atoms with Crippen LogP contribution in [0.3, 0.4) is 0 Å². The topological polar surface area (TPSA) is 51.2 Å². The lowest BCUT2D eigenvalue weighted by atomic mass is 10.0. The number of nitrogens with one attached hydrogen (secondary N) is 1. The van der Waals surface area contributed by atoms with Crippen LogP contribution < -0.4 is 10.1 Å². The average molecular weight is 404 g/mol. The van der Waals surface area contributed by atoms with Crippen molar-refractivity contribution in [2.24, 2.45) is 0 Å². The second-order valence-electron chi connectivity index (χ2n) is 6.27. The SMILES string of the molecule is COc1ccc(C(=O)Nc2scnc2-c2ccc(F)cc2)cc1-c1ccccc1. The highest BCUT2D eigenvalue weighted by Gasteiger charge is 2.15. The minimum atomic E-state index is -0.318. The van der Waals surface area contributed by atoms with Crippen LogP contribution in [0.2, 0.25) is 0 Å². The molecule has 0 spiro atoms. The van der Waals surface area contributed by atoms with E-state index in [0.29, 0.717) is 22.0 Å². The van der Waals surface area contributed by atoms with Crippen LogP contribution in [-0.2, 0) is 0 Å². The first kappa shape index (κ1) is 18.8. The first-order valence-electron chi connectivity index (χ1n) is 8.90. The number of benzene rings is 3. The number of carbonyl (C=O) groups is 1. The summed E-state index contributed by atoms with van der Waals surface area (Å²) < 4.78 is 18.7. The summed E-state index contributed by atoms with van der Waals surface area (Å²) in [6, 6.07) is 21.1. The van der Waals surface area contributed by atoms with Gasteiger partial charge in [0.25, 0.3) is 5.91 Å². The van der Waals surface area contributed by atoms with Crippen molar-refractivity contribution in [3.63, 3.8) is 0 Å². The number of anilines is 1.